The van der Waals surface area contributed by atoms with Gasteiger partial charge in [0.05, 0.1) is 12.7 Å². The van der Waals surface area contributed by atoms with Crippen LogP contribution < -0.4 is 4.74 Å². The van der Waals surface area contributed by atoms with Gasteiger partial charge in [-0.05, 0) is 76.2 Å². The first kappa shape index (κ1) is 20.7. The molecule has 0 heterocycles. The maximum atomic E-state index is 14.9. The minimum Gasteiger partial charge on any atom is -0.494 e. The number of aryl methyl sites for hydroxylation is 1. The van der Waals surface area contributed by atoms with E-state index in [2.05, 4.69) is 18.7 Å². The molecule has 4 aromatic rings. The molecule has 0 bridgehead atoms. The molecule has 0 saturated heterocycles. The number of allylic oxidation sites excluding steroid dienone is 1. The highest BCUT2D eigenvalue weighted by molar-refractivity contribution is 5.88. The van der Waals surface area contributed by atoms with Gasteiger partial charge in [-0.2, -0.15) is 0 Å². The van der Waals surface area contributed by atoms with Crippen molar-refractivity contribution in [1.82, 2.24) is 0 Å². The number of rotatable bonds is 6. The van der Waals surface area contributed by atoms with E-state index in [4.69, 9.17) is 4.74 Å². The van der Waals surface area contributed by atoms with Gasteiger partial charge in [0.1, 0.15) is 11.6 Å². The number of methoxy groups -OCH3 is 1. The Bertz CT molecular complexity index is 1250. The SMILES string of the molecule is C=CCCc1ccc2cc(-c3cc(F)c(-c4ccc(OC)c(F)c4)c(F)c3)ccc2c1. The highest BCUT2D eigenvalue weighted by Gasteiger charge is 2.16. The Labute approximate surface area is 179 Å². The monoisotopic (exact) mass is 418 g/mol. The van der Waals surface area contributed by atoms with Crippen LogP contribution in [0.3, 0.4) is 0 Å². The summed E-state index contributed by atoms with van der Waals surface area (Å²) in [7, 11) is 1.33. The average molecular weight is 418 g/mol. The molecular formula is C27H21F3O. The zero-order chi connectivity index (χ0) is 22.0. The van der Waals surface area contributed by atoms with E-state index in [0.717, 1.165) is 29.7 Å². The van der Waals surface area contributed by atoms with E-state index in [1.165, 1.54) is 36.9 Å². The summed E-state index contributed by atoms with van der Waals surface area (Å²) in [5.74, 6) is -2.16. The molecule has 0 atom stereocenters. The van der Waals surface area contributed by atoms with Gasteiger partial charge in [0.25, 0.3) is 0 Å². The normalized spacial score (nSPS) is 11.0. The Balaban J connectivity index is 1.71. The first-order chi connectivity index (χ1) is 15.0. The van der Waals surface area contributed by atoms with Crippen molar-refractivity contribution in [2.75, 3.05) is 7.11 Å². The molecule has 0 aliphatic carbocycles. The molecule has 4 aromatic carbocycles. The maximum Gasteiger partial charge on any atom is 0.165 e. The number of fused-ring (bicyclic) bond motifs is 1. The molecule has 0 fully saturated rings. The van der Waals surface area contributed by atoms with Crippen molar-refractivity contribution < 1.29 is 17.9 Å². The second-order valence-corrected chi connectivity index (χ2v) is 7.39. The molecule has 0 unspecified atom stereocenters. The summed E-state index contributed by atoms with van der Waals surface area (Å²) < 4.78 is 48.6. The summed E-state index contributed by atoms with van der Waals surface area (Å²) in [4.78, 5) is 0. The van der Waals surface area contributed by atoms with Crippen molar-refractivity contribution in [3.05, 3.63) is 102 Å². The van der Waals surface area contributed by atoms with Gasteiger partial charge in [-0.3, -0.25) is 0 Å². The van der Waals surface area contributed by atoms with E-state index in [0.29, 0.717) is 11.1 Å². The smallest absolute Gasteiger partial charge is 0.165 e. The number of benzene rings is 4. The number of hydrogen-bond acceptors (Lipinski definition) is 1. The zero-order valence-corrected chi connectivity index (χ0v) is 17.1. The van der Waals surface area contributed by atoms with Gasteiger partial charge in [-0.25, -0.2) is 13.2 Å². The number of ether oxygens (including phenoxy) is 1. The maximum absolute atomic E-state index is 14.9. The van der Waals surface area contributed by atoms with Crippen LogP contribution in [0.1, 0.15) is 12.0 Å². The molecule has 4 heteroatoms. The first-order valence-corrected chi connectivity index (χ1v) is 9.97. The molecule has 0 N–H and O–H groups in total. The van der Waals surface area contributed by atoms with Crippen LogP contribution in [0, 0.1) is 17.5 Å². The Hall–Kier alpha value is -3.53. The van der Waals surface area contributed by atoms with Crippen LogP contribution in [-0.2, 0) is 6.42 Å². The lowest BCUT2D eigenvalue weighted by molar-refractivity contribution is 0.386. The third kappa shape index (κ3) is 4.19. The quantitative estimate of drug-likeness (QED) is 0.291. The van der Waals surface area contributed by atoms with Crippen LogP contribution in [0.2, 0.25) is 0 Å². The van der Waals surface area contributed by atoms with Gasteiger partial charge in [0, 0.05) is 0 Å². The van der Waals surface area contributed by atoms with Crippen LogP contribution in [0.4, 0.5) is 13.2 Å². The van der Waals surface area contributed by atoms with Crippen molar-refractivity contribution in [1.29, 1.82) is 0 Å². The highest BCUT2D eigenvalue weighted by atomic mass is 19.1. The molecule has 0 amide bonds. The van der Waals surface area contributed by atoms with Crippen molar-refractivity contribution >= 4 is 10.8 Å². The van der Waals surface area contributed by atoms with E-state index in [1.54, 1.807) is 0 Å². The first-order valence-electron chi connectivity index (χ1n) is 9.97. The Morgan fingerprint density at radius 1 is 0.742 bits per heavy atom. The minimum absolute atomic E-state index is 0.0185. The fourth-order valence-corrected chi connectivity index (χ4v) is 3.74. The highest BCUT2D eigenvalue weighted by Crippen LogP contribution is 2.34. The topological polar surface area (TPSA) is 9.23 Å². The molecule has 4 rings (SSSR count). The van der Waals surface area contributed by atoms with Gasteiger partial charge in [0.15, 0.2) is 11.6 Å². The van der Waals surface area contributed by atoms with E-state index in [1.807, 2.05) is 30.3 Å². The number of hydrogen-bond donors (Lipinski definition) is 0. The summed E-state index contributed by atoms with van der Waals surface area (Å²) >= 11 is 0. The molecule has 0 saturated carbocycles. The number of halogens is 3. The van der Waals surface area contributed by atoms with Gasteiger partial charge in [-0.1, -0.05) is 42.5 Å². The molecule has 0 aliphatic heterocycles. The molecule has 0 spiro atoms. The zero-order valence-electron chi connectivity index (χ0n) is 17.1. The summed E-state index contributed by atoms with van der Waals surface area (Å²) in [5, 5.41) is 2.05. The van der Waals surface area contributed by atoms with Crippen molar-refractivity contribution in [2.24, 2.45) is 0 Å². The lowest BCUT2D eigenvalue weighted by Crippen LogP contribution is -1.94. The fraction of sp³-hybridized carbons (Fsp3) is 0.111. The predicted molar refractivity (Wildman–Crippen MR) is 120 cm³/mol. The molecule has 0 aromatic heterocycles. The van der Waals surface area contributed by atoms with Gasteiger partial charge >= 0.3 is 0 Å². The molecule has 1 nitrogen and oxygen atoms in total. The molecule has 31 heavy (non-hydrogen) atoms. The standard InChI is InChI=1S/C27H21F3O/c1-3-4-5-17-6-7-19-13-20(9-8-18(19)12-17)22-15-24(29)27(25(30)16-22)21-10-11-26(31-2)23(28)14-21/h3,6-16H,1,4-5H2,2H3. The minimum atomic E-state index is -0.751. The van der Waals surface area contributed by atoms with Crippen LogP contribution in [-0.4, -0.2) is 7.11 Å². The predicted octanol–water partition coefficient (Wildman–Crippen LogP) is 7.72. The Kier molecular flexibility index (Phi) is 5.81. The lowest BCUT2D eigenvalue weighted by Gasteiger charge is -2.11. The van der Waals surface area contributed by atoms with E-state index in [-0.39, 0.29) is 16.9 Å². The van der Waals surface area contributed by atoms with E-state index in [9.17, 15) is 13.2 Å². The van der Waals surface area contributed by atoms with Gasteiger partial charge in [0.2, 0.25) is 0 Å². The second kappa shape index (κ2) is 8.68. The third-order valence-corrected chi connectivity index (χ3v) is 5.36. The Morgan fingerprint density at radius 3 is 2.06 bits per heavy atom. The van der Waals surface area contributed by atoms with Crippen LogP contribution in [0.25, 0.3) is 33.0 Å². The van der Waals surface area contributed by atoms with Crippen molar-refractivity contribution in [3.63, 3.8) is 0 Å². The summed E-state index contributed by atoms with van der Waals surface area (Å²) in [6.45, 7) is 3.75. The van der Waals surface area contributed by atoms with Gasteiger partial charge in [-0.15, -0.1) is 6.58 Å². The molecular weight excluding hydrogens is 397 g/mol. The summed E-state index contributed by atoms with van der Waals surface area (Å²) in [6.07, 6.45) is 3.72. The Morgan fingerprint density at radius 2 is 1.39 bits per heavy atom. The summed E-state index contributed by atoms with van der Waals surface area (Å²) in [6, 6.07) is 18.3. The van der Waals surface area contributed by atoms with E-state index < -0.39 is 17.5 Å². The fourth-order valence-electron chi connectivity index (χ4n) is 3.74. The van der Waals surface area contributed by atoms with Crippen molar-refractivity contribution in [3.8, 4) is 28.0 Å². The lowest BCUT2D eigenvalue weighted by atomic mass is 9.96. The summed E-state index contributed by atoms with van der Waals surface area (Å²) in [5.41, 5.74) is 2.19. The van der Waals surface area contributed by atoms with Crippen molar-refractivity contribution in [2.45, 2.75) is 12.8 Å². The molecule has 156 valence electrons. The second-order valence-electron chi connectivity index (χ2n) is 7.39. The third-order valence-electron chi connectivity index (χ3n) is 5.36. The molecule has 0 aliphatic rings. The van der Waals surface area contributed by atoms with Gasteiger partial charge < -0.3 is 4.74 Å². The van der Waals surface area contributed by atoms with Crippen LogP contribution in [0.5, 0.6) is 5.75 Å². The van der Waals surface area contributed by atoms with Crippen LogP contribution in [0.15, 0.2) is 79.4 Å². The average Bonchev–Trinajstić information content (AvgIpc) is 2.77. The largest absolute Gasteiger partial charge is 0.494 e. The van der Waals surface area contributed by atoms with E-state index >= 15 is 0 Å². The van der Waals surface area contributed by atoms with Crippen LogP contribution >= 0.6 is 0 Å². The molecule has 0 radical (unpaired) electrons.